The number of sulfonamides is 2. The molecule has 275 valence electrons. The van der Waals surface area contributed by atoms with Crippen molar-refractivity contribution in [3.05, 3.63) is 120 Å². The smallest absolute Gasteiger partial charge is 0.874 e. The minimum Gasteiger partial charge on any atom is -0.874 e. The zero-order valence-corrected chi connectivity index (χ0v) is 33.4. The molecule has 6 N–H and O–H groups in total. The molecule has 0 aromatic heterocycles. The Morgan fingerprint density at radius 3 is 1.19 bits per heavy atom. The number of para-hydroxylation sites is 2. The van der Waals surface area contributed by atoms with Crippen LogP contribution >= 0.6 is 0 Å². The molecule has 0 fully saturated rings. The Morgan fingerprint density at radius 1 is 0.593 bits per heavy atom. The average molecular weight is 824 g/mol. The van der Waals surface area contributed by atoms with Gasteiger partial charge in [0.15, 0.2) is 0 Å². The molecule has 0 saturated carbocycles. The van der Waals surface area contributed by atoms with E-state index in [9.17, 15) is 46.9 Å². The van der Waals surface area contributed by atoms with E-state index >= 15 is 0 Å². The average Bonchev–Trinajstić information content (AvgIpc) is 3.06. The number of anilines is 2. The molecule has 0 atom stereocenters. The van der Waals surface area contributed by atoms with Crippen molar-refractivity contribution in [3.63, 3.8) is 0 Å². The van der Waals surface area contributed by atoms with E-state index in [0.717, 1.165) is 50.2 Å². The summed E-state index contributed by atoms with van der Waals surface area (Å²) >= 11 is 0. The third kappa shape index (κ3) is 14.5. The molecule has 4 rings (SSSR count). The Bertz CT molecular complexity index is 2140. The molecule has 0 bridgehead atoms. The van der Waals surface area contributed by atoms with Gasteiger partial charge in [0.1, 0.15) is 11.4 Å². The van der Waals surface area contributed by atoms with E-state index in [4.69, 9.17) is 10.3 Å². The fraction of sp³-hybridized carbons (Fsp3) is 0.0625. The van der Waals surface area contributed by atoms with Gasteiger partial charge in [-0.05, 0) is 48.5 Å². The van der Waals surface area contributed by atoms with Crippen LogP contribution in [-0.2, 0) is 47.0 Å². The van der Waals surface area contributed by atoms with Gasteiger partial charge in [0.2, 0.25) is 20.0 Å². The maximum Gasteiger partial charge on any atom is 3.00 e. The molecule has 2 amide bonds. The first-order valence-corrected chi connectivity index (χ1v) is 17.5. The second-order valence-electron chi connectivity index (χ2n) is 10.2. The van der Waals surface area contributed by atoms with Gasteiger partial charge in [0, 0.05) is 11.4 Å². The molecular formula is C32H28CrN8NaO10S2. The number of amides is 2. The van der Waals surface area contributed by atoms with Gasteiger partial charge in [0.05, 0.1) is 21.2 Å². The molecule has 4 aromatic rings. The Labute approximate surface area is 342 Å². The molecule has 22 heteroatoms. The van der Waals surface area contributed by atoms with Crippen molar-refractivity contribution in [2.75, 3.05) is 10.6 Å². The number of hydrogen-bond acceptors (Lipinski definition) is 14. The summed E-state index contributed by atoms with van der Waals surface area (Å²) in [5.74, 6) is -4.29. The van der Waals surface area contributed by atoms with Gasteiger partial charge in [-0.15, -0.1) is 21.7 Å². The van der Waals surface area contributed by atoms with Gasteiger partial charge in [-0.3, -0.25) is 9.59 Å². The summed E-state index contributed by atoms with van der Waals surface area (Å²) in [7, 11) is -8.10. The number of allylic oxidation sites excluding steroid dienone is 2. The molecule has 1 radical (unpaired) electrons. The third-order valence-electron chi connectivity index (χ3n) is 6.19. The number of carbonyl (C=O) groups is 2. The first-order valence-electron chi connectivity index (χ1n) is 14.4. The van der Waals surface area contributed by atoms with Gasteiger partial charge in [-0.25, -0.2) is 27.1 Å². The Balaban J connectivity index is 0.000000521. The zero-order valence-electron chi connectivity index (χ0n) is 28.5. The number of rotatable bonds is 10. The Kier molecular flexibility index (Phi) is 18.4. The summed E-state index contributed by atoms with van der Waals surface area (Å²) in [5, 5.41) is 75.9. The van der Waals surface area contributed by atoms with Crippen molar-refractivity contribution in [3.8, 4) is 11.5 Å². The number of azo groups is 2. The Hall–Kier alpha value is -4.95. The number of nitrogens with two attached hydrogens (primary N) is 2. The van der Waals surface area contributed by atoms with Crippen molar-refractivity contribution in [1.29, 1.82) is 0 Å². The van der Waals surface area contributed by atoms with Crippen LogP contribution in [0, 0.1) is 0 Å². The summed E-state index contributed by atoms with van der Waals surface area (Å²) < 4.78 is 45.3. The van der Waals surface area contributed by atoms with Crippen molar-refractivity contribution in [2.24, 2.45) is 30.7 Å². The number of nitrogens with zero attached hydrogens (tertiary/aromatic N) is 4. The van der Waals surface area contributed by atoms with Crippen LogP contribution in [0.2, 0.25) is 0 Å². The fourth-order valence-electron chi connectivity index (χ4n) is 3.69. The van der Waals surface area contributed by atoms with Crippen LogP contribution in [0.3, 0.4) is 0 Å². The fourth-order valence-corrected chi connectivity index (χ4v) is 4.75. The van der Waals surface area contributed by atoms with E-state index in [2.05, 4.69) is 31.1 Å². The zero-order chi connectivity index (χ0) is 38.6. The quantitative estimate of drug-likeness (QED) is 0.0617. The summed E-state index contributed by atoms with van der Waals surface area (Å²) in [6.45, 7) is 2.22. The normalized spacial score (nSPS) is 12.2. The second kappa shape index (κ2) is 21.1. The van der Waals surface area contributed by atoms with Crippen LogP contribution in [0.4, 0.5) is 22.7 Å². The molecule has 0 unspecified atom stereocenters. The predicted octanol–water partition coefficient (Wildman–Crippen LogP) is -1.55. The molecule has 0 aliphatic heterocycles. The summed E-state index contributed by atoms with van der Waals surface area (Å²) in [5.41, 5.74) is -0.964. The largest absolute Gasteiger partial charge is 3.00 e. The molecule has 0 aliphatic carbocycles. The predicted molar refractivity (Wildman–Crippen MR) is 179 cm³/mol. The monoisotopic (exact) mass is 823 g/mol. The first kappa shape index (κ1) is 47.1. The third-order valence-corrected chi connectivity index (χ3v) is 8.02. The van der Waals surface area contributed by atoms with Gasteiger partial charge in [-0.1, -0.05) is 73.9 Å². The van der Waals surface area contributed by atoms with E-state index in [-0.39, 0.29) is 68.1 Å². The summed E-state index contributed by atoms with van der Waals surface area (Å²) in [6.07, 6.45) is 0. The molecule has 54 heavy (non-hydrogen) atoms. The molecule has 0 aliphatic rings. The molecule has 4 aromatic carbocycles. The van der Waals surface area contributed by atoms with Crippen molar-refractivity contribution in [1.82, 2.24) is 0 Å². The van der Waals surface area contributed by atoms with Crippen LogP contribution in [0.1, 0.15) is 13.8 Å². The SMILES string of the molecule is C/C([O-])=C(/N=Nc1cc(S(N)(=O)=O)ccc1[O-])C(=O)Nc1ccccc1.C/C([O-])=C(/N=Nc1cc(S(N)(=O)=O)ccc1[O-])C(=O)Nc1ccccc1.[Cr+3].[Na+]. The summed E-state index contributed by atoms with van der Waals surface area (Å²) in [4.78, 5) is 23.7. The molecular weight excluding hydrogens is 796 g/mol. The van der Waals surface area contributed by atoms with Crippen LogP contribution in [-0.4, -0.2) is 28.6 Å². The molecule has 0 spiro atoms. The first-order chi connectivity index (χ1) is 24.4. The Morgan fingerprint density at radius 2 is 0.907 bits per heavy atom. The number of benzene rings is 4. The minimum absolute atomic E-state index is 0. The van der Waals surface area contributed by atoms with Gasteiger partial charge in [-0.2, -0.15) is 10.2 Å². The van der Waals surface area contributed by atoms with Crippen LogP contribution in [0.25, 0.3) is 0 Å². The maximum atomic E-state index is 12.2. The number of hydrogen-bond donors (Lipinski definition) is 4. The molecule has 0 heterocycles. The molecule has 0 saturated heterocycles. The van der Waals surface area contributed by atoms with Gasteiger partial charge < -0.3 is 31.1 Å². The number of primary sulfonamides is 2. The van der Waals surface area contributed by atoms with Crippen LogP contribution in [0.15, 0.2) is 150 Å². The number of carbonyl (C=O) groups excluding carboxylic acids is 2. The molecule has 18 nitrogen and oxygen atoms in total. The van der Waals surface area contributed by atoms with E-state index in [0.29, 0.717) is 11.4 Å². The van der Waals surface area contributed by atoms with Gasteiger partial charge >= 0.3 is 46.9 Å². The van der Waals surface area contributed by atoms with Crippen LogP contribution < -0.4 is 70.9 Å². The number of nitrogens with one attached hydrogen (secondary N) is 2. The topological polar surface area (TPSA) is 320 Å². The van der Waals surface area contributed by atoms with E-state index in [1.807, 2.05) is 0 Å². The van der Waals surface area contributed by atoms with Crippen molar-refractivity contribution < 1.29 is 93.8 Å². The van der Waals surface area contributed by atoms with Crippen molar-refractivity contribution in [2.45, 2.75) is 23.6 Å². The standard InChI is InChI=1S/2C16H16N4O5S.Cr.Na/c2*1-10(21)15(16(23)18-11-5-3-2-4-6-11)20-19-13-9-12(26(17,24)25)7-8-14(13)22;;/h2*2-9,21-22H,1H3,(H,18,23)(H2,17,24,25);;/q;;+3;+1/p-4/b2*15-10-,20-19?;;. The van der Waals surface area contributed by atoms with E-state index < -0.39 is 66.3 Å². The van der Waals surface area contributed by atoms with E-state index in [1.54, 1.807) is 60.7 Å². The minimum atomic E-state index is -4.05. The second-order valence-corrected chi connectivity index (χ2v) is 13.3. The van der Waals surface area contributed by atoms with E-state index in [1.165, 1.54) is 0 Å². The van der Waals surface area contributed by atoms with Gasteiger partial charge in [0.25, 0.3) is 11.8 Å². The maximum absolute atomic E-state index is 12.2. The summed E-state index contributed by atoms with van der Waals surface area (Å²) in [6, 6.07) is 22.5. The van der Waals surface area contributed by atoms with Crippen LogP contribution in [0.5, 0.6) is 11.5 Å². The van der Waals surface area contributed by atoms with Crippen molar-refractivity contribution >= 4 is 54.6 Å².